The van der Waals surface area contributed by atoms with Crippen LogP contribution in [0.3, 0.4) is 0 Å². The fourth-order valence-corrected chi connectivity index (χ4v) is 3.27. The molecule has 0 bridgehead atoms. The average molecular weight is 363 g/mol. The Hall–Kier alpha value is -2.50. The van der Waals surface area contributed by atoms with Crippen LogP contribution in [0.1, 0.15) is 43.4 Å². The molecule has 2 aromatic carbocycles. The van der Waals surface area contributed by atoms with Crippen LogP contribution in [0.15, 0.2) is 42.5 Å². The fraction of sp³-hybridized carbons (Fsp3) is 0.350. The van der Waals surface area contributed by atoms with E-state index in [1.54, 1.807) is 6.92 Å². The Morgan fingerprint density at radius 1 is 1.12 bits per heavy atom. The van der Waals surface area contributed by atoms with Gasteiger partial charge in [-0.2, -0.15) is 0 Å². The topological polar surface area (TPSA) is 38.3 Å². The van der Waals surface area contributed by atoms with Crippen molar-refractivity contribution < 1.29 is 22.7 Å². The summed E-state index contributed by atoms with van der Waals surface area (Å²) in [4.78, 5) is 12.6. The van der Waals surface area contributed by atoms with E-state index in [4.69, 9.17) is 0 Å². The van der Waals surface area contributed by atoms with Crippen molar-refractivity contribution >= 4 is 11.6 Å². The Balaban J connectivity index is 1.92. The maximum absolute atomic E-state index is 12.6. The molecule has 3 rings (SSSR count). The lowest BCUT2D eigenvalue weighted by atomic mass is 9.78. The van der Waals surface area contributed by atoms with Gasteiger partial charge in [0.05, 0.1) is 5.41 Å². The minimum Gasteiger partial charge on any atom is -0.406 e. The van der Waals surface area contributed by atoms with E-state index in [0.29, 0.717) is 23.6 Å². The number of carbonyl (C=O) groups is 1. The molecule has 6 heteroatoms. The largest absolute Gasteiger partial charge is 0.573 e. The van der Waals surface area contributed by atoms with E-state index in [-0.39, 0.29) is 11.7 Å². The van der Waals surface area contributed by atoms with Crippen LogP contribution >= 0.6 is 0 Å². The average Bonchev–Trinajstić information content (AvgIpc) is 2.78. The number of hydrogen-bond donors (Lipinski definition) is 1. The molecule has 1 aliphatic heterocycles. The third-order valence-electron chi connectivity index (χ3n) is 4.77. The van der Waals surface area contributed by atoms with Crippen LogP contribution in [0.5, 0.6) is 5.75 Å². The van der Waals surface area contributed by atoms with Crippen LogP contribution in [0, 0.1) is 0 Å². The number of benzene rings is 2. The molecule has 0 radical (unpaired) electrons. The Morgan fingerprint density at radius 3 is 2.35 bits per heavy atom. The molecule has 1 amide bonds. The molecule has 3 nitrogen and oxygen atoms in total. The number of amides is 1. The summed E-state index contributed by atoms with van der Waals surface area (Å²) in [5.74, 6) is -0.157. The highest BCUT2D eigenvalue weighted by molar-refractivity contribution is 6.06. The highest BCUT2D eigenvalue weighted by Gasteiger charge is 2.43. The Bertz CT molecular complexity index is 828. The Labute approximate surface area is 150 Å². The number of anilines is 1. The Morgan fingerprint density at radius 2 is 1.77 bits per heavy atom. The minimum atomic E-state index is -4.77. The van der Waals surface area contributed by atoms with Gasteiger partial charge in [0.15, 0.2) is 0 Å². The second kappa shape index (κ2) is 6.34. The van der Waals surface area contributed by atoms with Gasteiger partial charge in [-0.1, -0.05) is 38.1 Å². The highest BCUT2D eigenvalue weighted by atomic mass is 19.4. The summed E-state index contributed by atoms with van der Waals surface area (Å²) < 4.78 is 41.5. The highest BCUT2D eigenvalue weighted by Crippen LogP contribution is 2.42. The zero-order valence-corrected chi connectivity index (χ0v) is 14.8. The molecule has 26 heavy (non-hydrogen) atoms. The number of nitrogens with one attached hydrogen (secondary N) is 1. The number of rotatable bonds is 4. The quantitative estimate of drug-likeness (QED) is 0.815. The van der Waals surface area contributed by atoms with E-state index in [2.05, 4.69) is 23.9 Å². The first-order chi connectivity index (χ1) is 12.1. The number of hydrogen-bond acceptors (Lipinski definition) is 2. The van der Waals surface area contributed by atoms with Crippen LogP contribution < -0.4 is 10.1 Å². The standard InChI is InChI=1S/C20H20F3NO2/c1-12(2)14-6-4-13(5-7-14)11-19(3)16-10-15(26-20(21,22)23)8-9-17(16)24-18(19)25/h4-10,12H,11H2,1-3H3,(H,24,25). The van der Waals surface area contributed by atoms with E-state index < -0.39 is 11.8 Å². The summed E-state index contributed by atoms with van der Waals surface area (Å²) >= 11 is 0. The van der Waals surface area contributed by atoms with Crippen molar-refractivity contribution in [2.24, 2.45) is 0 Å². The first-order valence-corrected chi connectivity index (χ1v) is 8.39. The predicted octanol–water partition coefficient (Wildman–Crippen LogP) is 5.16. The first-order valence-electron chi connectivity index (χ1n) is 8.39. The molecule has 0 spiro atoms. The summed E-state index contributed by atoms with van der Waals surface area (Å²) in [6, 6.07) is 11.9. The molecule has 1 N–H and O–H groups in total. The van der Waals surface area contributed by atoms with Crippen molar-refractivity contribution in [2.45, 2.75) is 44.9 Å². The van der Waals surface area contributed by atoms with Gasteiger partial charge in [-0.3, -0.25) is 4.79 Å². The van der Waals surface area contributed by atoms with Gasteiger partial charge in [-0.15, -0.1) is 13.2 Å². The lowest BCUT2D eigenvalue weighted by molar-refractivity contribution is -0.274. The third-order valence-corrected chi connectivity index (χ3v) is 4.77. The lowest BCUT2D eigenvalue weighted by Gasteiger charge is -2.23. The molecular formula is C20H20F3NO2. The molecule has 2 aromatic rings. The van der Waals surface area contributed by atoms with E-state index in [9.17, 15) is 18.0 Å². The van der Waals surface area contributed by atoms with Crippen molar-refractivity contribution in [1.29, 1.82) is 0 Å². The SMILES string of the molecule is CC(C)c1ccc(CC2(C)C(=O)Nc3ccc(OC(F)(F)F)cc32)cc1. The first kappa shape index (κ1) is 18.3. The Kier molecular flexibility index (Phi) is 4.46. The van der Waals surface area contributed by atoms with E-state index in [0.717, 1.165) is 5.56 Å². The van der Waals surface area contributed by atoms with Gasteiger partial charge in [0.2, 0.25) is 5.91 Å². The van der Waals surface area contributed by atoms with E-state index in [1.807, 2.05) is 24.3 Å². The number of alkyl halides is 3. The molecule has 0 saturated heterocycles. The summed E-state index contributed by atoms with van der Waals surface area (Å²) in [7, 11) is 0. The molecule has 1 unspecified atom stereocenters. The molecular weight excluding hydrogens is 343 g/mol. The van der Waals surface area contributed by atoms with Gasteiger partial charge >= 0.3 is 6.36 Å². The summed E-state index contributed by atoms with van der Waals surface area (Å²) in [6.45, 7) is 5.93. The van der Waals surface area contributed by atoms with Crippen molar-refractivity contribution in [3.8, 4) is 5.75 Å². The summed E-state index contributed by atoms with van der Waals surface area (Å²) in [6.07, 6.45) is -4.38. The summed E-state index contributed by atoms with van der Waals surface area (Å²) in [5, 5.41) is 2.75. The normalized spacial score (nSPS) is 19.4. The minimum absolute atomic E-state index is 0.232. The number of ether oxygens (including phenoxy) is 1. The van der Waals surface area contributed by atoms with E-state index in [1.165, 1.54) is 23.8 Å². The molecule has 0 aromatic heterocycles. The second-order valence-corrected chi connectivity index (χ2v) is 7.11. The van der Waals surface area contributed by atoms with Crippen LogP contribution in [0.4, 0.5) is 18.9 Å². The van der Waals surface area contributed by atoms with Crippen molar-refractivity contribution in [3.05, 3.63) is 59.2 Å². The van der Waals surface area contributed by atoms with Crippen molar-refractivity contribution in [1.82, 2.24) is 0 Å². The van der Waals surface area contributed by atoms with Crippen LogP contribution in [-0.2, 0) is 16.6 Å². The second-order valence-electron chi connectivity index (χ2n) is 7.11. The smallest absolute Gasteiger partial charge is 0.406 e. The van der Waals surface area contributed by atoms with E-state index >= 15 is 0 Å². The van der Waals surface area contributed by atoms with Gasteiger partial charge in [0, 0.05) is 5.69 Å². The molecule has 0 saturated carbocycles. The molecule has 1 heterocycles. The number of fused-ring (bicyclic) bond motifs is 1. The summed E-state index contributed by atoms with van der Waals surface area (Å²) in [5.41, 5.74) is 2.21. The zero-order chi connectivity index (χ0) is 19.1. The molecule has 1 aliphatic rings. The number of halogens is 3. The van der Waals surface area contributed by atoms with Gasteiger partial charge in [0.1, 0.15) is 5.75 Å². The van der Waals surface area contributed by atoms with Crippen LogP contribution in [-0.4, -0.2) is 12.3 Å². The van der Waals surface area contributed by atoms with Gasteiger partial charge in [0.25, 0.3) is 0 Å². The van der Waals surface area contributed by atoms with Crippen LogP contribution in [0.2, 0.25) is 0 Å². The molecule has 0 aliphatic carbocycles. The van der Waals surface area contributed by atoms with Gasteiger partial charge in [-0.25, -0.2) is 0 Å². The van der Waals surface area contributed by atoms with Crippen molar-refractivity contribution in [2.75, 3.05) is 5.32 Å². The molecule has 138 valence electrons. The van der Waals surface area contributed by atoms with Crippen molar-refractivity contribution in [3.63, 3.8) is 0 Å². The monoisotopic (exact) mass is 363 g/mol. The van der Waals surface area contributed by atoms with Crippen LogP contribution in [0.25, 0.3) is 0 Å². The maximum Gasteiger partial charge on any atom is 0.573 e. The molecule has 0 fully saturated rings. The maximum atomic E-state index is 12.6. The predicted molar refractivity (Wildman–Crippen MR) is 93.3 cm³/mol. The lowest BCUT2D eigenvalue weighted by Crippen LogP contribution is -2.33. The van der Waals surface area contributed by atoms with Gasteiger partial charge in [-0.05, 0) is 54.2 Å². The van der Waals surface area contributed by atoms with Gasteiger partial charge < -0.3 is 10.1 Å². The molecule has 1 atom stereocenters. The fourth-order valence-electron chi connectivity index (χ4n) is 3.27. The third kappa shape index (κ3) is 3.54. The zero-order valence-electron chi connectivity index (χ0n) is 14.8. The number of carbonyl (C=O) groups excluding carboxylic acids is 1.